The maximum Gasteiger partial charge on any atom is 0.434 e. The first-order valence-electron chi connectivity index (χ1n) is 8.00. The van der Waals surface area contributed by atoms with E-state index in [1.54, 1.807) is 0 Å². The van der Waals surface area contributed by atoms with E-state index in [1.165, 1.54) is 19.3 Å². The number of nitrogens with one attached hydrogen (secondary N) is 2. The van der Waals surface area contributed by atoms with Crippen molar-refractivity contribution in [3.8, 4) is 0 Å². The topological polar surface area (TPSA) is 49.3 Å². The molecule has 1 fully saturated rings. The average molecular weight is 348 g/mol. The molecule has 0 saturated heterocycles. The van der Waals surface area contributed by atoms with Crippen LogP contribution in [0.4, 0.5) is 13.2 Å². The number of thiazole rings is 1. The van der Waals surface area contributed by atoms with Crippen LogP contribution in [0.1, 0.15) is 43.8 Å². The molecule has 1 aromatic heterocycles. The molecule has 0 spiro atoms. The van der Waals surface area contributed by atoms with Gasteiger partial charge >= 0.3 is 6.18 Å². The normalized spacial score (nSPS) is 21.3. The number of nitrogens with zero attached hydrogens (tertiary/aromatic N) is 2. The monoisotopic (exact) mass is 348 g/mol. The molecule has 0 bridgehead atoms. The molecule has 2 atom stereocenters. The van der Waals surface area contributed by atoms with Gasteiger partial charge in [0.15, 0.2) is 11.7 Å². The van der Waals surface area contributed by atoms with Crippen LogP contribution in [0.3, 0.4) is 0 Å². The minimum atomic E-state index is -4.37. The van der Waals surface area contributed by atoms with Gasteiger partial charge in [-0.1, -0.05) is 13.3 Å². The molecule has 0 amide bonds. The van der Waals surface area contributed by atoms with Crippen LogP contribution >= 0.6 is 11.3 Å². The van der Waals surface area contributed by atoms with Crippen LogP contribution in [0.5, 0.6) is 0 Å². The highest BCUT2D eigenvalue weighted by molar-refractivity contribution is 7.09. The molecule has 1 aliphatic carbocycles. The molecule has 2 unspecified atom stereocenters. The van der Waals surface area contributed by atoms with Crippen molar-refractivity contribution in [2.75, 3.05) is 13.1 Å². The number of hydrogen-bond donors (Lipinski definition) is 2. The number of halogens is 3. The Hall–Kier alpha value is -1.31. The fourth-order valence-corrected chi connectivity index (χ4v) is 3.22. The lowest BCUT2D eigenvalue weighted by Gasteiger charge is -2.10. The van der Waals surface area contributed by atoms with Crippen molar-refractivity contribution in [2.24, 2.45) is 10.9 Å². The Morgan fingerprint density at radius 2 is 2.22 bits per heavy atom. The van der Waals surface area contributed by atoms with Crippen molar-refractivity contribution in [2.45, 2.75) is 51.7 Å². The first kappa shape index (κ1) is 18.0. The standard InChI is InChI=1S/C15H23F3N4S/c1-3-5-10-8-11(10)21-14(19-4-2)20-7-6-13-22-12(9-23-13)15(16,17)18/h9-11H,3-8H2,1-2H3,(H2,19,20,21). The first-order chi connectivity index (χ1) is 10.9. The van der Waals surface area contributed by atoms with E-state index in [2.05, 4.69) is 27.5 Å². The van der Waals surface area contributed by atoms with Gasteiger partial charge in [-0.05, 0) is 25.7 Å². The number of aromatic nitrogens is 1. The van der Waals surface area contributed by atoms with E-state index >= 15 is 0 Å². The van der Waals surface area contributed by atoms with Crippen molar-refractivity contribution in [3.05, 3.63) is 16.1 Å². The predicted octanol–water partition coefficient (Wildman–Crippen LogP) is 3.45. The lowest BCUT2D eigenvalue weighted by molar-refractivity contribution is -0.140. The number of alkyl halides is 3. The molecular weight excluding hydrogens is 325 g/mol. The summed E-state index contributed by atoms with van der Waals surface area (Å²) in [6, 6.07) is 0.476. The van der Waals surface area contributed by atoms with Crippen molar-refractivity contribution in [1.82, 2.24) is 15.6 Å². The van der Waals surface area contributed by atoms with Crippen molar-refractivity contribution >= 4 is 17.3 Å². The fourth-order valence-electron chi connectivity index (χ4n) is 2.43. The van der Waals surface area contributed by atoms with Crippen molar-refractivity contribution < 1.29 is 13.2 Å². The van der Waals surface area contributed by atoms with E-state index in [0.717, 1.165) is 35.1 Å². The zero-order valence-electron chi connectivity index (χ0n) is 13.4. The summed E-state index contributed by atoms with van der Waals surface area (Å²) in [6.45, 7) is 5.35. The lowest BCUT2D eigenvalue weighted by atomic mass is 10.2. The fraction of sp³-hybridized carbons (Fsp3) is 0.733. The van der Waals surface area contributed by atoms with Gasteiger partial charge < -0.3 is 10.6 Å². The van der Waals surface area contributed by atoms with E-state index < -0.39 is 11.9 Å². The Kier molecular flexibility index (Phi) is 6.26. The second-order valence-corrected chi connectivity index (χ2v) is 6.61. The van der Waals surface area contributed by atoms with Gasteiger partial charge in [0, 0.05) is 30.9 Å². The molecule has 0 aliphatic heterocycles. The maximum atomic E-state index is 12.5. The van der Waals surface area contributed by atoms with Gasteiger partial charge in [0.2, 0.25) is 0 Å². The van der Waals surface area contributed by atoms with Crippen LogP contribution in [0, 0.1) is 5.92 Å². The Labute approximate surface area is 138 Å². The van der Waals surface area contributed by atoms with E-state index in [4.69, 9.17) is 0 Å². The molecule has 1 aliphatic rings. The molecule has 2 rings (SSSR count). The van der Waals surface area contributed by atoms with E-state index in [-0.39, 0.29) is 0 Å². The van der Waals surface area contributed by atoms with E-state index in [9.17, 15) is 13.2 Å². The highest BCUT2D eigenvalue weighted by Gasteiger charge is 2.36. The molecule has 1 aromatic rings. The molecular formula is C15H23F3N4S. The summed E-state index contributed by atoms with van der Waals surface area (Å²) in [5, 5.41) is 8.08. The minimum Gasteiger partial charge on any atom is -0.357 e. The number of aliphatic imine (C=N–C) groups is 1. The summed E-state index contributed by atoms with van der Waals surface area (Å²) in [5.41, 5.74) is -0.813. The largest absolute Gasteiger partial charge is 0.434 e. The summed E-state index contributed by atoms with van der Waals surface area (Å²) in [7, 11) is 0. The minimum absolute atomic E-state index is 0.417. The Balaban J connectivity index is 1.82. The maximum absolute atomic E-state index is 12.5. The van der Waals surface area contributed by atoms with Crippen molar-refractivity contribution in [1.29, 1.82) is 0 Å². The van der Waals surface area contributed by atoms with Gasteiger partial charge in [0.1, 0.15) is 0 Å². The SMILES string of the molecule is CCCC1CC1NC(=NCCc1nc(C(F)(F)F)cs1)NCC. The van der Waals surface area contributed by atoms with Gasteiger partial charge in [0.25, 0.3) is 0 Å². The Morgan fingerprint density at radius 3 is 2.83 bits per heavy atom. The third kappa shape index (κ3) is 5.67. The van der Waals surface area contributed by atoms with E-state index in [1.807, 2.05) is 6.92 Å². The predicted molar refractivity (Wildman–Crippen MR) is 86.7 cm³/mol. The first-order valence-corrected chi connectivity index (χ1v) is 8.88. The molecule has 8 heteroatoms. The van der Waals surface area contributed by atoms with Crippen LogP contribution in [-0.2, 0) is 12.6 Å². The molecule has 0 radical (unpaired) electrons. The summed E-state index contributed by atoms with van der Waals surface area (Å²) in [5.74, 6) is 1.46. The van der Waals surface area contributed by atoms with Gasteiger partial charge in [0.05, 0.1) is 5.01 Å². The van der Waals surface area contributed by atoms with Crippen LogP contribution in [-0.4, -0.2) is 30.1 Å². The zero-order valence-corrected chi connectivity index (χ0v) is 14.2. The summed E-state index contributed by atoms with van der Waals surface area (Å²) in [6.07, 6.45) is -0.382. The van der Waals surface area contributed by atoms with Gasteiger partial charge in [-0.3, -0.25) is 4.99 Å². The Morgan fingerprint density at radius 1 is 1.43 bits per heavy atom. The molecule has 1 saturated carbocycles. The molecule has 23 heavy (non-hydrogen) atoms. The molecule has 130 valence electrons. The van der Waals surface area contributed by atoms with Crippen LogP contribution in [0.2, 0.25) is 0 Å². The Bertz CT molecular complexity index is 527. The number of hydrogen-bond acceptors (Lipinski definition) is 3. The quantitative estimate of drug-likeness (QED) is 0.586. The summed E-state index contributed by atoms with van der Waals surface area (Å²) < 4.78 is 37.5. The zero-order chi connectivity index (χ0) is 16.9. The van der Waals surface area contributed by atoms with Gasteiger partial charge in [-0.2, -0.15) is 13.2 Å². The number of rotatable bonds is 7. The lowest BCUT2D eigenvalue weighted by Crippen LogP contribution is -2.39. The van der Waals surface area contributed by atoms with Gasteiger partial charge in [-0.15, -0.1) is 11.3 Å². The smallest absolute Gasteiger partial charge is 0.357 e. The molecule has 1 heterocycles. The summed E-state index contributed by atoms with van der Waals surface area (Å²) >= 11 is 1.03. The molecule has 2 N–H and O–H groups in total. The third-order valence-corrected chi connectivity index (χ3v) is 4.59. The highest BCUT2D eigenvalue weighted by Crippen LogP contribution is 2.34. The average Bonchev–Trinajstić information content (AvgIpc) is 3.00. The highest BCUT2D eigenvalue weighted by atomic mass is 32.1. The van der Waals surface area contributed by atoms with Gasteiger partial charge in [-0.25, -0.2) is 4.98 Å². The second-order valence-electron chi connectivity index (χ2n) is 5.67. The van der Waals surface area contributed by atoms with Crippen LogP contribution in [0.25, 0.3) is 0 Å². The molecule has 0 aromatic carbocycles. The van der Waals surface area contributed by atoms with Crippen LogP contribution in [0.15, 0.2) is 10.4 Å². The number of guanidine groups is 1. The second kappa shape index (κ2) is 7.99. The van der Waals surface area contributed by atoms with E-state index in [0.29, 0.717) is 24.0 Å². The van der Waals surface area contributed by atoms with Crippen LogP contribution < -0.4 is 10.6 Å². The summed E-state index contributed by atoms with van der Waals surface area (Å²) in [4.78, 5) is 8.05. The molecule has 4 nitrogen and oxygen atoms in total. The third-order valence-electron chi connectivity index (χ3n) is 3.69. The van der Waals surface area contributed by atoms with Crippen molar-refractivity contribution in [3.63, 3.8) is 0 Å².